The number of imidazole rings is 1. The van der Waals surface area contributed by atoms with E-state index in [9.17, 15) is 0 Å². The van der Waals surface area contributed by atoms with Crippen LogP contribution in [0.2, 0.25) is 4.47 Å². The van der Waals surface area contributed by atoms with Crippen LogP contribution in [0.4, 0.5) is 0 Å². The molecule has 94 valence electrons. The summed E-state index contributed by atoms with van der Waals surface area (Å²) in [7, 11) is 0. The lowest BCUT2D eigenvalue weighted by Crippen LogP contribution is -2.03. The second kappa shape index (κ2) is 5.00. The van der Waals surface area contributed by atoms with E-state index >= 15 is 0 Å². The van der Waals surface area contributed by atoms with Crippen LogP contribution in [0.15, 0.2) is 30.5 Å². The van der Waals surface area contributed by atoms with E-state index in [1.54, 1.807) is 6.20 Å². The van der Waals surface area contributed by atoms with Gasteiger partial charge in [0.2, 0.25) is 0 Å². The maximum absolute atomic E-state index is 8.91. The van der Waals surface area contributed by atoms with Crippen LogP contribution in [0.25, 0.3) is 11.0 Å². The summed E-state index contributed by atoms with van der Waals surface area (Å²) in [5, 5.41) is 8.91. The minimum absolute atomic E-state index is 0.293. The van der Waals surface area contributed by atoms with Crippen LogP contribution in [-0.2, 0) is 13.0 Å². The van der Waals surface area contributed by atoms with Crippen LogP contribution >= 0.6 is 22.9 Å². The van der Waals surface area contributed by atoms with Gasteiger partial charge in [0.1, 0.15) is 5.82 Å². The molecule has 0 aliphatic carbocycles. The van der Waals surface area contributed by atoms with E-state index in [1.807, 2.05) is 28.8 Å². The molecule has 0 fully saturated rings. The third-order valence-corrected chi connectivity index (χ3v) is 3.91. The van der Waals surface area contributed by atoms with Gasteiger partial charge in [-0.05, 0) is 12.1 Å². The Kier molecular flexibility index (Phi) is 3.20. The monoisotopic (exact) mass is 288 g/mol. The number of para-hydroxylation sites is 2. The van der Waals surface area contributed by atoms with E-state index in [0.29, 0.717) is 17.4 Å². The summed E-state index contributed by atoms with van der Waals surface area (Å²) < 4.78 is 2.57. The van der Waals surface area contributed by atoms with E-state index in [1.165, 1.54) is 11.3 Å². The van der Waals surface area contributed by atoms with Gasteiger partial charge in [-0.25, -0.2) is 9.97 Å². The molecule has 0 bridgehead atoms. The van der Waals surface area contributed by atoms with Gasteiger partial charge in [0.25, 0.3) is 0 Å². The van der Waals surface area contributed by atoms with Crippen molar-refractivity contribution in [1.29, 1.82) is 5.26 Å². The molecule has 2 heterocycles. The summed E-state index contributed by atoms with van der Waals surface area (Å²) in [5.74, 6) is 0.772. The third-order valence-electron chi connectivity index (χ3n) is 2.81. The third kappa shape index (κ3) is 2.33. The van der Waals surface area contributed by atoms with Crippen LogP contribution in [0, 0.1) is 11.3 Å². The summed E-state index contributed by atoms with van der Waals surface area (Å²) in [6.45, 7) is 0.641. The standard InChI is InChI=1S/C13H9ClN4S/c14-13-16-7-9(19-13)8-18-11-4-2-1-3-10(11)17-12(18)5-6-15/h1-4,7H,5,8H2. The van der Waals surface area contributed by atoms with Crippen LogP contribution in [0.3, 0.4) is 0 Å². The van der Waals surface area contributed by atoms with E-state index in [-0.39, 0.29) is 0 Å². The van der Waals surface area contributed by atoms with E-state index in [0.717, 1.165) is 21.7 Å². The largest absolute Gasteiger partial charge is 0.322 e. The molecule has 0 unspecified atom stereocenters. The second-order valence-electron chi connectivity index (χ2n) is 4.02. The first-order valence-electron chi connectivity index (χ1n) is 5.69. The Morgan fingerprint density at radius 1 is 1.37 bits per heavy atom. The fraction of sp³-hybridized carbons (Fsp3) is 0.154. The van der Waals surface area contributed by atoms with Crippen LogP contribution in [0.1, 0.15) is 10.7 Å². The van der Waals surface area contributed by atoms with Crippen molar-refractivity contribution in [1.82, 2.24) is 14.5 Å². The lowest BCUT2D eigenvalue weighted by molar-refractivity contribution is 0.778. The number of fused-ring (bicyclic) bond motifs is 1. The first-order valence-corrected chi connectivity index (χ1v) is 6.88. The lowest BCUT2D eigenvalue weighted by atomic mass is 10.3. The molecule has 2 aromatic heterocycles. The average Bonchev–Trinajstić information content (AvgIpc) is 2.96. The smallest absolute Gasteiger partial charge is 0.183 e. The van der Waals surface area contributed by atoms with Crippen molar-refractivity contribution < 1.29 is 0 Å². The zero-order valence-corrected chi connectivity index (χ0v) is 11.4. The highest BCUT2D eigenvalue weighted by Crippen LogP contribution is 2.22. The molecule has 0 saturated carbocycles. The molecule has 6 heteroatoms. The van der Waals surface area contributed by atoms with Gasteiger partial charge in [-0.1, -0.05) is 23.7 Å². The molecule has 3 rings (SSSR count). The molecule has 0 atom stereocenters. The maximum atomic E-state index is 8.91. The van der Waals surface area contributed by atoms with Crippen molar-refractivity contribution in [3.8, 4) is 6.07 Å². The van der Waals surface area contributed by atoms with Crippen LogP contribution in [-0.4, -0.2) is 14.5 Å². The summed E-state index contributed by atoms with van der Waals surface area (Å²) >= 11 is 7.29. The van der Waals surface area contributed by atoms with E-state index in [2.05, 4.69) is 16.0 Å². The molecular weight excluding hydrogens is 280 g/mol. The molecule has 3 aromatic rings. The summed E-state index contributed by atoms with van der Waals surface area (Å²) in [6, 6.07) is 10.0. The van der Waals surface area contributed by atoms with Crippen molar-refractivity contribution in [3.63, 3.8) is 0 Å². The molecule has 19 heavy (non-hydrogen) atoms. The highest BCUT2D eigenvalue weighted by Gasteiger charge is 2.11. The first-order chi connectivity index (χ1) is 9.28. The number of hydrogen-bond donors (Lipinski definition) is 0. The zero-order chi connectivity index (χ0) is 13.2. The van der Waals surface area contributed by atoms with Gasteiger partial charge in [-0.15, -0.1) is 11.3 Å². The number of rotatable bonds is 3. The highest BCUT2D eigenvalue weighted by molar-refractivity contribution is 7.15. The van der Waals surface area contributed by atoms with E-state index < -0.39 is 0 Å². The Bertz CT molecular complexity index is 768. The lowest BCUT2D eigenvalue weighted by Gasteiger charge is -2.05. The van der Waals surface area contributed by atoms with Crippen LogP contribution in [0.5, 0.6) is 0 Å². The number of nitriles is 1. The highest BCUT2D eigenvalue weighted by atomic mass is 35.5. The first kappa shape index (κ1) is 12.2. The summed E-state index contributed by atoms with van der Waals surface area (Å²) in [6.07, 6.45) is 2.05. The Morgan fingerprint density at radius 3 is 2.95 bits per heavy atom. The number of halogens is 1. The summed E-state index contributed by atoms with van der Waals surface area (Å²) in [4.78, 5) is 9.58. The summed E-state index contributed by atoms with van der Waals surface area (Å²) in [5.41, 5.74) is 1.93. The number of nitrogens with zero attached hydrogens (tertiary/aromatic N) is 4. The molecule has 1 aromatic carbocycles. The average molecular weight is 289 g/mol. The number of aromatic nitrogens is 3. The second-order valence-corrected chi connectivity index (χ2v) is 5.71. The minimum atomic E-state index is 0.293. The zero-order valence-electron chi connectivity index (χ0n) is 9.88. The van der Waals surface area contributed by atoms with Crippen molar-refractivity contribution >= 4 is 34.0 Å². The molecule has 0 amide bonds. The van der Waals surface area contributed by atoms with Crippen molar-refractivity contribution in [3.05, 3.63) is 45.6 Å². The molecule has 0 aliphatic heterocycles. The van der Waals surface area contributed by atoms with Crippen molar-refractivity contribution in [2.45, 2.75) is 13.0 Å². The minimum Gasteiger partial charge on any atom is -0.322 e. The molecule has 4 nitrogen and oxygen atoms in total. The fourth-order valence-corrected chi connectivity index (χ4v) is 2.99. The number of thiazole rings is 1. The van der Waals surface area contributed by atoms with Gasteiger partial charge >= 0.3 is 0 Å². The maximum Gasteiger partial charge on any atom is 0.183 e. The van der Waals surface area contributed by atoms with Crippen molar-refractivity contribution in [2.75, 3.05) is 0 Å². The van der Waals surface area contributed by atoms with Gasteiger partial charge in [0.05, 0.1) is 30.1 Å². The fourth-order valence-electron chi connectivity index (χ4n) is 2.02. The number of hydrogen-bond acceptors (Lipinski definition) is 4. The predicted molar refractivity (Wildman–Crippen MR) is 75.3 cm³/mol. The molecule has 0 spiro atoms. The molecule has 0 aliphatic rings. The molecule has 0 N–H and O–H groups in total. The Hall–Kier alpha value is -1.90. The van der Waals surface area contributed by atoms with Crippen molar-refractivity contribution in [2.24, 2.45) is 0 Å². The van der Waals surface area contributed by atoms with Gasteiger partial charge < -0.3 is 4.57 Å². The van der Waals surface area contributed by atoms with Gasteiger partial charge in [-0.2, -0.15) is 5.26 Å². The van der Waals surface area contributed by atoms with Gasteiger partial charge in [0.15, 0.2) is 4.47 Å². The molecular formula is C13H9ClN4S. The normalized spacial score (nSPS) is 10.7. The number of benzene rings is 1. The quantitative estimate of drug-likeness (QED) is 0.743. The molecule has 0 saturated heterocycles. The van der Waals surface area contributed by atoms with Crippen LogP contribution < -0.4 is 0 Å². The topological polar surface area (TPSA) is 54.5 Å². The Morgan fingerprint density at radius 2 is 2.21 bits per heavy atom. The van der Waals surface area contributed by atoms with Gasteiger partial charge in [0, 0.05) is 11.1 Å². The Labute approximate surface area is 118 Å². The predicted octanol–water partition coefficient (Wildman–Crippen LogP) is 3.26. The van der Waals surface area contributed by atoms with Gasteiger partial charge in [-0.3, -0.25) is 0 Å². The SMILES string of the molecule is N#CCc1nc2ccccc2n1Cc1cnc(Cl)s1. The Balaban J connectivity index is 2.09. The molecule has 0 radical (unpaired) electrons. The van der Waals surface area contributed by atoms with E-state index in [4.69, 9.17) is 16.9 Å².